The first-order chi connectivity index (χ1) is 12.1. The predicted octanol–water partition coefficient (Wildman–Crippen LogP) is 2.84. The molecule has 25 heavy (non-hydrogen) atoms. The van der Waals surface area contributed by atoms with Crippen molar-refractivity contribution in [3.8, 4) is 11.5 Å². The Kier molecular flexibility index (Phi) is 5.13. The molecule has 0 fully saturated rings. The lowest BCUT2D eigenvalue weighted by molar-refractivity contribution is -0.116. The summed E-state index contributed by atoms with van der Waals surface area (Å²) in [5.74, 6) is 2.17. The number of rotatable bonds is 7. The van der Waals surface area contributed by atoms with Gasteiger partial charge in [0, 0.05) is 6.42 Å². The van der Waals surface area contributed by atoms with E-state index in [2.05, 4.69) is 15.4 Å². The molecule has 1 amide bonds. The maximum atomic E-state index is 12.0. The number of anilines is 1. The van der Waals surface area contributed by atoms with Crippen molar-refractivity contribution in [3.05, 3.63) is 48.4 Å². The smallest absolute Gasteiger partial charge is 0.224 e. The summed E-state index contributed by atoms with van der Waals surface area (Å²) < 4.78 is 12.4. The largest absolute Gasteiger partial charge is 0.497 e. The van der Waals surface area contributed by atoms with Crippen LogP contribution < -0.4 is 14.8 Å². The van der Waals surface area contributed by atoms with Crippen molar-refractivity contribution in [2.45, 2.75) is 19.8 Å². The van der Waals surface area contributed by atoms with Crippen molar-refractivity contribution in [2.75, 3.05) is 19.0 Å². The molecular weight excluding hydrogens is 320 g/mol. The number of hydrogen-bond acceptors (Lipinski definition) is 5. The number of carbonyl (C=O) groups is 1. The molecule has 0 spiro atoms. The van der Waals surface area contributed by atoms with E-state index in [0.29, 0.717) is 31.0 Å². The van der Waals surface area contributed by atoms with Gasteiger partial charge in [-0.25, -0.2) is 9.50 Å². The van der Waals surface area contributed by atoms with E-state index >= 15 is 0 Å². The van der Waals surface area contributed by atoms with Crippen LogP contribution in [-0.4, -0.2) is 34.2 Å². The van der Waals surface area contributed by atoms with E-state index in [0.717, 1.165) is 17.1 Å². The van der Waals surface area contributed by atoms with Gasteiger partial charge in [-0.1, -0.05) is 0 Å². The monoisotopic (exact) mass is 340 g/mol. The van der Waals surface area contributed by atoms with Crippen molar-refractivity contribution in [1.82, 2.24) is 14.6 Å². The van der Waals surface area contributed by atoms with Crippen LogP contribution in [0, 0.1) is 6.92 Å². The molecule has 7 heteroatoms. The van der Waals surface area contributed by atoms with E-state index in [4.69, 9.17) is 9.47 Å². The van der Waals surface area contributed by atoms with Gasteiger partial charge in [-0.15, -0.1) is 0 Å². The Morgan fingerprint density at radius 1 is 1.16 bits per heavy atom. The third-order valence-electron chi connectivity index (χ3n) is 3.60. The molecule has 1 aromatic carbocycles. The molecular formula is C18H20N4O3. The van der Waals surface area contributed by atoms with Crippen LogP contribution in [0.5, 0.6) is 11.5 Å². The van der Waals surface area contributed by atoms with Gasteiger partial charge >= 0.3 is 0 Å². The fourth-order valence-corrected chi connectivity index (χ4v) is 2.39. The molecule has 0 aliphatic rings. The fourth-order valence-electron chi connectivity index (χ4n) is 2.39. The van der Waals surface area contributed by atoms with Crippen LogP contribution >= 0.6 is 0 Å². The second kappa shape index (κ2) is 7.65. The molecule has 0 bridgehead atoms. The van der Waals surface area contributed by atoms with Crippen molar-refractivity contribution in [3.63, 3.8) is 0 Å². The number of amides is 1. The number of aryl methyl sites for hydroxylation is 1. The summed E-state index contributed by atoms with van der Waals surface area (Å²) in [6.45, 7) is 2.30. The minimum absolute atomic E-state index is 0.0606. The Hall–Kier alpha value is -3.09. The first kappa shape index (κ1) is 16.8. The summed E-state index contributed by atoms with van der Waals surface area (Å²) in [6, 6.07) is 11.0. The Morgan fingerprint density at radius 3 is 2.68 bits per heavy atom. The van der Waals surface area contributed by atoms with Gasteiger partial charge in [-0.05, 0) is 49.7 Å². The van der Waals surface area contributed by atoms with Gasteiger partial charge in [0.05, 0.1) is 25.6 Å². The SMILES string of the molecule is COc1ccc(OCCCC(=O)Nc2ccc3nc(C)nn3c2)cc1. The van der Waals surface area contributed by atoms with Crippen LogP contribution in [0.2, 0.25) is 0 Å². The average molecular weight is 340 g/mol. The maximum Gasteiger partial charge on any atom is 0.224 e. The molecule has 130 valence electrons. The van der Waals surface area contributed by atoms with Crippen molar-refractivity contribution < 1.29 is 14.3 Å². The number of aromatic nitrogens is 3. The highest BCUT2D eigenvalue weighted by atomic mass is 16.5. The molecule has 3 aromatic rings. The molecule has 0 aliphatic carbocycles. The molecule has 0 saturated carbocycles. The minimum atomic E-state index is -0.0606. The lowest BCUT2D eigenvalue weighted by Gasteiger charge is -2.08. The molecule has 1 N–H and O–H groups in total. The zero-order chi connectivity index (χ0) is 17.6. The van der Waals surface area contributed by atoms with E-state index in [1.54, 1.807) is 17.8 Å². The zero-order valence-corrected chi connectivity index (χ0v) is 14.2. The molecule has 2 aromatic heterocycles. The van der Waals surface area contributed by atoms with E-state index < -0.39 is 0 Å². The van der Waals surface area contributed by atoms with Gasteiger partial charge in [0.25, 0.3) is 0 Å². The van der Waals surface area contributed by atoms with Crippen LogP contribution in [0.1, 0.15) is 18.7 Å². The van der Waals surface area contributed by atoms with Crippen molar-refractivity contribution in [2.24, 2.45) is 0 Å². The highest BCUT2D eigenvalue weighted by Crippen LogP contribution is 2.17. The van der Waals surface area contributed by atoms with E-state index in [9.17, 15) is 4.79 Å². The Morgan fingerprint density at radius 2 is 1.92 bits per heavy atom. The summed E-state index contributed by atoms with van der Waals surface area (Å²) in [5.41, 5.74) is 1.45. The number of carbonyl (C=O) groups excluding carboxylic acids is 1. The van der Waals surface area contributed by atoms with Crippen LogP contribution in [0.15, 0.2) is 42.6 Å². The standard InChI is InChI=1S/C18H20N4O3/c1-13-19-17-10-5-14(12-22(17)21-13)20-18(23)4-3-11-25-16-8-6-15(24-2)7-9-16/h5-10,12H,3-4,11H2,1-2H3,(H,20,23). The molecule has 0 unspecified atom stereocenters. The molecule has 7 nitrogen and oxygen atoms in total. The fraction of sp³-hybridized carbons (Fsp3) is 0.278. The number of benzene rings is 1. The summed E-state index contributed by atoms with van der Waals surface area (Å²) in [4.78, 5) is 16.3. The zero-order valence-electron chi connectivity index (χ0n) is 14.2. The first-order valence-electron chi connectivity index (χ1n) is 8.04. The van der Waals surface area contributed by atoms with Crippen molar-refractivity contribution >= 4 is 17.2 Å². The summed E-state index contributed by atoms with van der Waals surface area (Å²) in [6.07, 6.45) is 2.76. The number of fused-ring (bicyclic) bond motifs is 1. The molecule has 3 rings (SSSR count). The Balaban J connectivity index is 1.43. The number of hydrogen-bond donors (Lipinski definition) is 1. The third-order valence-corrected chi connectivity index (χ3v) is 3.60. The summed E-state index contributed by atoms with van der Waals surface area (Å²) in [7, 11) is 1.62. The highest BCUT2D eigenvalue weighted by molar-refractivity contribution is 5.90. The molecule has 0 aliphatic heterocycles. The van der Waals surface area contributed by atoms with Gasteiger partial charge in [-0.3, -0.25) is 4.79 Å². The summed E-state index contributed by atoms with van der Waals surface area (Å²) in [5, 5.41) is 7.09. The van der Waals surface area contributed by atoms with Gasteiger partial charge in [0.2, 0.25) is 5.91 Å². The Labute approximate surface area is 145 Å². The number of nitrogens with one attached hydrogen (secondary N) is 1. The topological polar surface area (TPSA) is 77.8 Å². The quantitative estimate of drug-likeness (QED) is 0.669. The average Bonchev–Trinajstić information content (AvgIpc) is 2.98. The van der Waals surface area contributed by atoms with Crippen molar-refractivity contribution in [1.29, 1.82) is 0 Å². The first-order valence-corrected chi connectivity index (χ1v) is 8.04. The van der Waals surface area contributed by atoms with Crippen LogP contribution in [0.25, 0.3) is 5.65 Å². The summed E-state index contributed by atoms with van der Waals surface area (Å²) >= 11 is 0. The van der Waals surface area contributed by atoms with Crippen LogP contribution in [0.4, 0.5) is 5.69 Å². The Bertz CT molecular complexity index is 858. The lowest BCUT2D eigenvalue weighted by Crippen LogP contribution is -2.13. The second-order valence-electron chi connectivity index (χ2n) is 5.56. The lowest BCUT2D eigenvalue weighted by atomic mass is 10.3. The van der Waals surface area contributed by atoms with Crippen LogP contribution in [0.3, 0.4) is 0 Å². The third kappa shape index (κ3) is 4.47. The highest BCUT2D eigenvalue weighted by Gasteiger charge is 2.05. The maximum absolute atomic E-state index is 12.0. The van der Waals surface area contributed by atoms with Gasteiger partial charge < -0.3 is 14.8 Å². The normalized spacial score (nSPS) is 10.6. The van der Waals surface area contributed by atoms with E-state index in [1.807, 2.05) is 43.3 Å². The van der Waals surface area contributed by atoms with E-state index in [1.165, 1.54) is 0 Å². The minimum Gasteiger partial charge on any atom is -0.497 e. The van der Waals surface area contributed by atoms with Gasteiger partial charge in [0.15, 0.2) is 5.65 Å². The molecule has 0 atom stereocenters. The molecule has 0 saturated heterocycles. The number of pyridine rings is 1. The second-order valence-corrected chi connectivity index (χ2v) is 5.56. The van der Waals surface area contributed by atoms with Crippen LogP contribution in [-0.2, 0) is 4.79 Å². The molecule has 0 radical (unpaired) electrons. The predicted molar refractivity (Wildman–Crippen MR) is 94.1 cm³/mol. The number of methoxy groups -OCH3 is 1. The van der Waals surface area contributed by atoms with E-state index in [-0.39, 0.29) is 5.91 Å². The van der Waals surface area contributed by atoms with Gasteiger partial charge in [0.1, 0.15) is 17.3 Å². The molecule has 2 heterocycles. The number of nitrogens with zero attached hydrogens (tertiary/aromatic N) is 3. The number of ether oxygens (including phenoxy) is 2. The van der Waals surface area contributed by atoms with Gasteiger partial charge in [-0.2, -0.15) is 5.10 Å².